The molecule has 2 atom stereocenters. The number of hydrogen-bond donors (Lipinski definition) is 2. The maximum Gasteiger partial charge on any atom is 0.472 e. The lowest BCUT2D eigenvalue weighted by Gasteiger charge is -2.19. The number of phosphoric ester groups is 1. The van der Waals surface area contributed by atoms with E-state index in [2.05, 4.69) is 50.3 Å². The summed E-state index contributed by atoms with van der Waals surface area (Å²) < 4.78 is 32.6. The molecule has 0 saturated heterocycles. The number of esters is 2. The molecule has 49 heavy (non-hydrogen) atoms. The number of ether oxygens (including phenoxy) is 2. The normalized spacial score (nSPS) is 13.8. The van der Waals surface area contributed by atoms with Crippen LogP contribution in [0.2, 0.25) is 0 Å². The summed E-state index contributed by atoms with van der Waals surface area (Å²) >= 11 is 0. The van der Waals surface area contributed by atoms with E-state index < -0.39 is 32.5 Å². The minimum Gasteiger partial charge on any atom is -0.462 e. The van der Waals surface area contributed by atoms with Crippen molar-refractivity contribution in [3.63, 3.8) is 0 Å². The van der Waals surface area contributed by atoms with Gasteiger partial charge in [0, 0.05) is 19.4 Å². The summed E-state index contributed by atoms with van der Waals surface area (Å²) in [6, 6.07) is 0. The van der Waals surface area contributed by atoms with Crippen molar-refractivity contribution in [2.24, 2.45) is 5.73 Å². The molecule has 0 aliphatic heterocycles. The summed E-state index contributed by atoms with van der Waals surface area (Å²) in [6.45, 7) is 3.65. The monoisotopic (exact) mass is 713 g/mol. The number of unbranched alkanes of at least 4 members (excludes halogenated alkanes) is 17. The molecule has 0 heterocycles. The van der Waals surface area contributed by atoms with Gasteiger partial charge in [0.15, 0.2) is 6.10 Å². The van der Waals surface area contributed by atoms with Crippen molar-refractivity contribution in [1.82, 2.24) is 0 Å². The molecule has 286 valence electrons. The summed E-state index contributed by atoms with van der Waals surface area (Å²) in [4.78, 5) is 34.7. The molecule has 9 nitrogen and oxygen atoms in total. The van der Waals surface area contributed by atoms with Crippen LogP contribution < -0.4 is 5.73 Å². The molecule has 0 radical (unpaired) electrons. The molecule has 0 aliphatic rings. The summed E-state index contributed by atoms with van der Waals surface area (Å²) in [6.07, 6.45) is 37.4. The number of nitrogens with two attached hydrogens (primary N) is 1. The first-order valence-electron chi connectivity index (χ1n) is 19.5. The molecule has 0 aliphatic carbocycles. The predicted octanol–water partition coefficient (Wildman–Crippen LogP) is 10.6. The SMILES string of the molecule is CCCCCC=CCC=CCCCCCCCC(=O)OC[C@H](COP(=O)(O)OCCN)OC(=O)CCCCCCCC=CCCCCCC. The molecule has 0 rings (SSSR count). The number of carbonyl (C=O) groups excluding carboxylic acids is 2. The Balaban J connectivity index is 4.25. The van der Waals surface area contributed by atoms with Gasteiger partial charge in [-0.25, -0.2) is 4.57 Å². The highest BCUT2D eigenvalue weighted by Gasteiger charge is 2.25. The fraction of sp³-hybridized carbons (Fsp3) is 0.795. The average molecular weight is 714 g/mol. The van der Waals surface area contributed by atoms with E-state index in [-0.39, 0.29) is 32.6 Å². The van der Waals surface area contributed by atoms with Crippen LogP contribution in [-0.2, 0) is 32.7 Å². The van der Waals surface area contributed by atoms with Crippen LogP contribution >= 0.6 is 7.82 Å². The standard InChI is InChI=1S/C39H72NO8P/c1-3-5-7-9-11-13-15-17-18-20-21-23-25-27-29-31-38(41)45-35-37(36-47-49(43,44)46-34-33-40)48-39(42)32-30-28-26-24-22-19-16-14-12-10-8-6-4-2/h11,13-14,16-18,37H,3-10,12,15,19-36,40H2,1-2H3,(H,43,44)/t37-/m1/s1. The summed E-state index contributed by atoms with van der Waals surface area (Å²) in [5.74, 6) is -0.857. The van der Waals surface area contributed by atoms with Gasteiger partial charge in [0.1, 0.15) is 6.61 Å². The van der Waals surface area contributed by atoms with Gasteiger partial charge in [-0.15, -0.1) is 0 Å². The minimum atomic E-state index is -4.37. The second-order valence-corrected chi connectivity index (χ2v) is 14.2. The van der Waals surface area contributed by atoms with Gasteiger partial charge in [-0.05, 0) is 70.6 Å². The van der Waals surface area contributed by atoms with E-state index in [1.807, 2.05) is 0 Å². The second kappa shape index (κ2) is 36.0. The summed E-state index contributed by atoms with van der Waals surface area (Å²) in [5, 5.41) is 0. The zero-order valence-corrected chi connectivity index (χ0v) is 32.1. The van der Waals surface area contributed by atoms with E-state index in [1.165, 1.54) is 57.8 Å². The zero-order chi connectivity index (χ0) is 36.1. The van der Waals surface area contributed by atoms with Crippen molar-refractivity contribution in [3.05, 3.63) is 36.5 Å². The Bertz CT molecular complexity index is 907. The Labute approximate surface area is 299 Å². The highest BCUT2D eigenvalue weighted by Crippen LogP contribution is 2.43. The molecule has 0 bridgehead atoms. The highest BCUT2D eigenvalue weighted by molar-refractivity contribution is 7.47. The van der Waals surface area contributed by atoms with Gasteiger partial charge in [0.25, 0.3) is 0 Å². The van der Waals surface area contributed by atoms with Crippen LogP contribution in [0.5, 0.6) is 0 Å². The number of rotatable bonds is 36. The maximum absolute atomic E-state index is 12.5. The van der Waals surface area contributed by atoms with Crippen LogP contribution in [0.25, 0.3) is 0 Å². The van der Waals surface area contributed by atoms with Crippen molar-refractivity contribution in [1.29, 1.82) is 0 Å². The Hall–Kier alpha value is -1.77. The Kier molecular flexibility index (Phi) is 34.7. The minimum absolute atomic E-state index is 0.0495. The van der Waals surface area contributed by atoms with E-state index >= 15 is 0 Å². The third kappa shape index (κ3) is 35.8. The molecule has 3 N–H and O–H groups in total. The summed E-state index contributed by atoms with van der Waals surface area (Å²) in [7, 11) is -4.37. The molecular formula is C39H72NO8P. The average Bonchev–Trinajstić information content (AvgIpc) is 3.08. The molecule has 0 aromatic rings. The predicted molar refractivity (Wildman–Crippen MR) is 201 cm³/mol. The first kappa shape index (κ1) is 47.2. The van der Waals surface area contributed by atoms with Gasteiger partial charge < -0.3 is 20.1 Å². The van der Waals surface area contributed by atoms with Crippen LogP contribution in [0.3, 0.4) is 0 Å². The van der Waals surface area contributed by atoms with Crippen LogP contribution in [0.4, 0.5) is 0 Å². The molecule has 0 amide bonds. The topological polar surface area (TPSA) is 134 Å². The van der Waals surface area contributed by atoms with Crippen LogP contribution in [0.15, 0.2) is 36.5 Å². The van der Waals surface area contributed by atoms with E-state index in [1.54, 1.807) is 0 Å². The van der Waals surface area contributed by atoms with E-state index in [0.29, 0.717) is 12.8 Å². The largest absolute Gasteiger partial charge is 0.472 e. The number of allylic oxidation sites excluding steroid dienone is 6. The quantitative estimate of drug-likeness (QED) is 0.0281. The van der Waals surface area contributed by atoms with Gasteiger partial charge in [-0.2, -0.15) is 0 Å². The maximum atomic E-state index is 12.5. The van der Waals surface area contributed by atoms with Crippen molar-refractivity contribution in [3.8, 4) is 0 Å². The number of hydrogen-bond acceptors (Lipinski definition) is 8. The lowest BCUT2D eigenvalue weighted by molar-refractivity contribution is -0.161. The third-order valence-corrected chi connectivity index (χ3v) is 8.98. The van der Waals surface area contributed by atoms with Crippen molar-refractivity contribution >= 4 is 19.8 Å². The Morgan fingerprint density at radius 1 is 0.612 bits per heavy atom. The molecule has 0 aromatic carbocycles. The molecule has 1 unspecified atom stereocenters. The van der Waals surface area contributed by atoms with Crippen molar-refractivity contribution in [2.45, 2.75) is 174 Å². The first-order chi connectivity index (χ1) is 23.8. The smallest absolute Gasteiger partial charge is 0.462 e. The fourth-order valence-electron chi connectivity index (χ4n) is 5.07. The van der Waals surface area contributed by atoms with Crippen LogP contribution in [-0.4, -0.2) is 49.3 Å². The molecular weight excluding hydrogens is 641 g/mol. The number of carbonyl (C=O) groups is 2. The lowest BCUT2D eigenvalue weighted by Crippen LogP contribution is -2.29. The number of phosphoric acid groups is 1. The van der Waals surface area contributed by atoms with Crippen LogP contribution in [0, 0.1) is 0 Å². The van der Waals surface area contributed by atoms with E-state index in [0.717, 1.165) is 70.6 Å². The lowest BCUT2D eigenvalue weighted by atomic mass is 10.1. The summed E-state index contributed by atoms with van der Waals surface area (Å²) in [5.41, 5.74) is 5.33. The van der Waals surface area contributed by atoms with Crippen molar-refractivity contribution in [2.75, 3.05) is 26.4 Å². The van der Waals surface area contributed by atoms with E-state index in [9.17, 15) is 19.0 Å². The fourth-order valence-corrected chi connectivity index (χ4v) is 5.83. The van der Waals surface area contributed by atoms with Gasteiger partial charge >= 0.3 is 19.8 Å². The van der Waals surface area contributed by atoms with Crippen molar-refractivity contribution < 1.29 is 37.6 Å². The second-order valence-electron chi connectivity index (χ2n) is 12.8. The molecule has 0 spiro atoms. The highest BCUT2D eigenvalue weighted by atomic mass is 31.2. The molecule has 0 aromatic heterocycles. The third-order valence-electron chi connectivity index (χ3n) is 8.00. The first-order valence-corrected chi connectivity index (χ1v) is 21.0. The van der Waals surface area contributed by atoms with Gasteiger partial charge in [-0.3, -0.25) is 18.6 Å². The molecule has 0 saturated carbocycles. The Morgan fingerprint density at radius 3 is 1.61 bits per heavy atom. The molecule has 0 fully saturated rings. The van der Waals surface area contributed by atoms with Gasteiger partial charge in [0.2, 0.25) is 0 Å². The Morgan fingerprint density at radius 2 is 1.06 bits per heavy atom. The van der Waals surface area contributed by atoms with E-state index in [4.69, 9.17) is 24.3 Å². The zero-order valence-electron chi connectivity index (χ0n) is 31.2. The van der Waals surface area contributed by atoms with Gasteiger partial charge in [-0.1, -0.05) is 121 Å². The molecule has 10 heteroatoms. The van der Waals surface area contributed by atoms with Crippen LogP contribution in [0.1, 0.15) is 168 Å². The van der Waals surface area contributed by atoms with Gasteiger partial charge in [0.05, 0.1) is 13.2 Å².